The fraction of sp³-hybridized carbons (Fsp3) is 0.857. The maximum absolute atomic E-state index is 4.88. The molecule has 9 heavy (non-hydrogen) atoms. The van der Waals surface area contributed by atoms with E-state index in [0.29, 0.717) is 6.61 Å². The zero-order valence-corrected chi connectivity index (χ0v) is 6.05. The molecule has 0 aliphatic heterocycles. The molecule has 1 aliphatic rings. The molecule has 0 spiro atoms. The van der Waals surface area contributed by atoms with Gasteiger partial charge in [-0.2, -0.15) is 0 Å². The van der Waals surface area contributed by atoms with Crippen molar-refractivity contribution in [2.24, 2.45) is 11.1 Å². The number of nitrogens with zero attached hydrogens (tertiary/aromatic N) is 1. The van der Waals surface area contributed by atoms with Crippen LogP contribution >= 0.6 is 0 Å². The van der Waals surface area contributed by atoms with Crippen LogP contribution < -0.4 is 0 Å². The van der Waals surface area contributed by atoms with Crippen LogP contribution in [0.5, 0.6) is 0 Å². The number of oxime groups is 1. The van der Waals surface area contributed by atoms with Crippen molar-refractivity contribution in [3.8, 4) is 0 Å². The molecule has 1 rings (SSSR count). The van der Waals surface area contributed by atoms with Crippen molar-refractivity contribution in [1.29, 1.82) is 0 Å². The minimum Gasteiger partial charge on any atom is -0.396 e. The minimum absolute atomic E-state index is 0.685. The molecule has 0 radical (unpaired) electrons. The van der Waals surface area contributed by atoms with E-state index < -0.39 is 0 Å². The van der Waals surface area contributed by atoms with Gasteiger partial charge in [0.2, 0.25) is 0 Å². The van der Waals surface area contributed by atoms with Crippen molar-refractivity contribution in [1.82, 2.24) is 0 Å². The van der Waals surface area contributed by atoms with Crippen LogP contribution in [-0.4, -0.2) is 12.3 Å². The molecule has 0 unspecified atom stereocenters. The SMILES string of the molecule is CCON=C(C)C1CC1. The van der Waals surface area contributed by atoms with E-state index in [4.69, 9.17) is 4.84 Å². The molecule has 0 aromatic heterocycles. The van der Waals surface area contributed by atoms with Crippen molar-refractivity contribution in [2.75, 3.05) is 6.61 Å². The fourth-order valence-electron chi connectivity index (χ4n) is 0.742. The smallest absolute Gasteiger partial charge is 0.114 e. The summed E-state index contributed by atoms with van der Waals surface area (Å²) in [5.41, 5.74) is 1.16. The summed E-state index contributed by atoms with van der Waals surface area (Å²) in [5.74, 6) is 0.747. The highest BCUT2D eigenvalue weighted by molar-refractivity contribution is 5.85. The Morgan fingerprint density at radius 1 is 1.67 bits per heavy atom. The Balaban J connectivity index is 2.20. The third kappa shape index (κ3) is 2.04. The van der Waals surface area contributed by atoms with E-state index in [1.807, 2.05) is 13.8 Å². The summed E-state index contributed by atoms with van der Waals surface area (Å²) < 4.78 is 0. The van der Waals surface area contributed by atoms with Gasteiger partial charge in [0, 0.05) is 5.92 Å². The second-order valence-corrected chi connectivity index (χ2v) is 2.42. The molecule has 0 aromatic rings. The van der Waals surface area contributed by atoms with Gasteiger partial charge in [-0.05, 0) is 26.7 Å². The molecular weight excluding hydrogens is 114 g/mol. The molecular formula is C7H13NO. The summed E-state index contributed by atoms with van der Waals surface area (Å²) in [6.45, 7) is 4.67. The lowest BCUT2D eigenvalue weighted by molar-refractivity contribution is 0.157. The number of hydrogen-bond acceptors (Lipinski definition) is 2. The lowest BCUT2D eigenvalue weighted by Gasteiger charge is -1.94. The topological polar surface area (TPSA) is 21.6 Å². The van der Waals surface area contributed by atoms with Crippen molar-refractivity contribution in [2.45, 2.75) is 26.7 Å². The van der Waals surface area contributed by atoms with Gasteiger partial charge in [-0.15, -0.1) is 0 Å². The summed E-state index contributed by atoms with van der Waals surface area (Å²) in [4.78, 5) is 4.88. The summed E-state index contributed by atoms with van der Waals surface area (Å²) in [5, 5.41) is 3.92. The molecule has 0 N–H and O–H groups in total. The highest BCUT2D eigenvalue weighted by Gasteiger charge is 2.24. The predicted molar refractivity (Wildman–Crippen MR) is 37.5 cm³/mol. The Bertz CT molecular complexity index is 116. The van der Waals surface area contributed by atoms with Gasteiger partial charge < -0.3 is 4.84 Å². The first kappa shape index (κ1) is 6.59. The monoisotopic (exact) mass is 127 g/mol. The molecule has 0 aromatic carbocycles. The molecule has 0 amide bonds. The van der Waals surface area contributed by atoms with Crippen LogP contribution in [0.4, 0.5) is 0 Å². The van der Waals surface area contributed by atoms with Crippen molar-refractivity contribution in [3.63, 3.8) is 0 Å². The van der Waals surface area contributed by atoms with Crippen LogP contribution in [0.25, 0.3) is 0 Å². The molecule has 52 valence electrons. The average molecular weight is 127 g/mol. The van der Waals surface area contributed by atoms with Crippen LogP contribution in [0.3, 0.4) is 0 Å². The summed E-state index contributed by atoms with van der Waals surface area (Å²) >= 11 is 0. The third-order valence-electron chi connectivity index (χ3n) is 1.51. The van der Waals surface area contributed by atoms with Gasteiger partial charge in [0.1, 0.15) is 6.61 Å². The second kappa shape index (κ2) is 2.85. The molecule has 0 atom stereocenters. The molecule has 1 fully saturated rings. The van der Waals surface area contributed by atoms with Crippen molar-refractivity contribution < 1.29 is 4.84 Å². The Morgan fingerprint density at radius 2 is 2.33 bits per heavy atom. The lowest BCUT2D eigenvalue weighted by atomic mass is 10.3. The Labute approximate surface area is 55.9 Å². The highest BCUT2D eigenvalue weighted by atomic mass is 16.6. The first-order valence-corrected chi connectivity index (χ1v) is 3.51. The van der Waals surface area contributed by atoms with Crippen LogP contribution in [0.2, 0.25) is 0 Å². The molecule has 2 heteroatoms. The summed E-state index contributed by atoms with van der Waals surface area (Å²) in [7, 11) is 0. The van der Waals surface area contributed by atoms with Crippen LogP contribution in [0, 0.1) is 5.92 Å². The van der Waals surface area contributed by atoms with Gasteiger partial charge in [0.05, 0.1) is 5.71 Å². The molecule has 0 saturated heterocycles. The summed E-state index contributed by atoms with van der Waals surface area (Å²) in [6, 6.07) is 0. The maximum atomic E-state index is 4.88. The van der Waals surface area contributed by atoms with Crippen molar-refractivity contribution >= 4 is 5.71 Å². The van der Waals surface area contributed by atoms with E-state index in [2.05, 4.69) is 5.16 Å². The predicted octanol–water partition coefficient (Wildman–Crippen LogP) is 1.81. The van der Waals surface area contributed by atoms with E-state index >= 15 is 0 Å². The first-order valence-electron chi connectivity index (χ1n) is 3.51. The van der Waals surface area contributed by atoms with Gasteiger partial charge in [-0.25, -0.2) is 0 Å². The third-order valence-corrected chi connectivity index (χ3v) is 1.51. The van der Waals surface area contributed by atoms with Gasteiger partial charge >= 0.3 is 0 Å². The largest absolute Gasteiger partial charge is 0.396 e. The van der Waals surface area contributed by atoms with Crippen LogP contribution in [0.1, 0.15) is 26.7 Å². The second-order valence-electron chi connectivity index (χ2n) is 2.42. The maximum Gasteiger partial charge on any atom is 0.114 e. The molecule has 0 heterocycles. The molecule has 1 saturated carbocycles. The van der Waals surface area contributed by atoms with Crippen LogP contribution in [0.15, 0.2) is 5.16 Å². The zero-order valence-electron chi connectivity index (χ0n) is 6.05. The van der Waals surface area contributed by atoms with E-state index in [-0.39, 0.29) is 0 Å². The molecule has 1 aliphatic carbocycles. The Hall–Kier alpha value is -0.530. The number of hydrogen-bond donors (Lipinski definition) is 0. The van der Waals surface area contributed by atoms with Crippen LogP contribution in [-0.2, 0) is 4.84 Å². The molecule has 0 bridgehead atoms. The van der Waals surface area contributed by atoms with E-state index in [0.717, 1.165) is 11.6 Å². The number of rotatable bonds is 3. The van der Waals surface area contributed by atoms with Gasteiger partial charge in [-0.1, -0.05) is 5.16 Å². The van der Waals surface area contributed by atoms with Crippen molar-refractivity contribution in [3.05, 3.63) is 0 Å². The van der Waals surface area contributed by atoms with Gasteiger partial charge in [0.25, 0.3) is 0 Å². The normalized spacial score (nSPS) is 20.0. The lowest BCUT2D eigenvalue weighted by Crippen LogP contribution is -1.94. The van der Waals surface area contributed by atoms with Gasteiger partial charge in [0.15, 0.2) is 0 Å². The summed E-state index contributed by atoms with van der Waals surface area (Å²) in [6.07, 6.45) is 2.62. The minimum atomic E-state index is 0.685. The van der Waals surface area contributed by atoms with E-state index in [1.165, 1.54) is 12.8 Å². The highest BCUT2D eigenvalue weighted by Crippen LogP contribution is 2.30. The average Bonchev–Trinajstić information content (AvgIpc) is 2.63. The Kier molecular flexibility index (Phi) is 2.09. The quantitative estimate of drug-likeness (QED) is 0.418. The zero-order chi connectivity index (χ0) is 6.69. The molecule has 2 nitrogen and oxygen atoms in total. The Morgan fingerprint density at radius 3 is 2.78 bits per heavy atom. The van der Waals surface area contributed by atoms with E-state index in [1.54, 1.807) is 0 Å². The van der Waals surface area contributed by atoms with E-state index in [9.17, 15) is 0 Å². The fourth-order valence-corrected chi connectivity index (χ4v) is 0.742. The first-order chi connectivity index (χ1) is 4.34. The van der Waals surface area contributed by atoms with Gasteiger partial charge in [-0.3, -0.25) is 0 Å². The standard InChI is InChI=1S/C7H13NO/c1-3-9-8-6(2)7-4-5-7/h7H,3-5H2,1-2H3.